The van der Waals surface area contributed by atoms with E-state index in [1.165, 1.54) is 0 Å². The number of carbonyl (C=O) groups excluding carboxylic acids is 2. The second-order valence-electron chi connectivity index (χ2n) is 6.82. The number of carbonyl (C=O) groups is 2. The monoisotopic (exact) mass is 366 g/mol. The van der Waals surface area contributed by atoms with Gasteiger partial charge in [-0.25, -0.2) is 0 Å². The van der Waals surface area contributed by atoms with Crippen molar-refractivity contribution in [1.82, 2.24) is 10.2 Å². The van der Waals surface area contributed by atoms with E-state index in [0.29, 0.717) is 31.7 Å². The van der Waals surface area contributed by atoms with Crippen LogP contribution < -0.4 is 5.32 Å². The van der Waals surface area contributed by atoms with Gasteiger partial charge in [0.25, 0.3) is 5.91 Å². The predicted molar refractivity (Wildman–Crippen MR) is 105 cm³/mol. The molecule has 5 heteroatoms. The highest BCUT2D eigenvalue weighted by molar-refractivity contribution is 5.94. The Balaban J connectivity index is 1.53. The Hall–Kier alpha value is -2.66. The van der Waals surface area contributed by atoms with Crippen LogP contribution in [-0.4, -0.2) is 49.6 Å². The smallest absolute Gasteiger partial charge is 0.253 e. The van der Waals surface area contributed by atoms with Gasteiger partial charge in [-0.1, -0.05) is 42.5 Å². The van der Waals surface area contributed by atoms with Crippen molar-refractivity contribution in [2.45, 2.75) is 25.3 Å². The van der Waals surface area contributed by atoms with Gasteiger partial charge in [0.2, 0.25) is 5.91 Å². The Bertz CT molecular complexity index is 751. The first-order valence-electron chi connectivity index (χ1n) is 9.40. The summed E-state index contributed by atoms with van der Waals surface area (Å²) in [4.78, 5) is 26.4. The maximum atomic E-state index is 12.7. The second kappa shape index (κ2) is 9.33. The number of ether oxygens (including phenoxy) is 1. The molecule has 142 valence electrons. The lowest BCUT2D eigenvalue weighted by molar-refractivity contribution is -0.122. The fraction of sp³-hybridized carbons (Fsp3) is 0.364. The number of hydrogen-bond acceptors (Lipinski definition) is 3. The molecule has 0 bridgehead atoms. The Morgan fingerprint density at radius 2 is 1.63 bits per heavy atom. The summed E-state index contributed by atoms with van der Waals surface area (Å²) in [6, 6.07) is 18.0. The van der Waals surface area contributed by atoms with Gasteiger partial charge in [-0.3, -0.25) is 9.59 Å². The molecular weight excluding hydrogens is 340 g/mol. The van der Waals surface area contributed by atoms with E-state index in [0.717, 1.165) is 24.0 Å². The minimum atomic E-state index is 0.0122. The molecule has 0 atom stereocenters. The van der Waals surface area contributed by atoms with Crippen LogP contribution in [0.5, 0.6) is 0 Å². The van der Waals surface area contributed by atoms with Crippen molar-refractivity contribution in [3.63, 3.8) is 0 Å². The molecule has 1 aliphatic heterocycles. The van der Waals surface area contributed by atoms with E-state index >= 15 is 0 Å². The Morgan fingerprint density at radius 1 is 1.00 bits per heavy atom. The number of rotatable bonds is 6. The zero-order chi connectivity index (χ0) is 19.1. The molecule has 0 unspecified atom stereocenters. The molecule has 1 N–H and O–H groups in total. The number of nitrogens with one attached hydrogen (secondary N) is 1. The molecule has 0 aromatic heterocycles. The van der Waals surface area contributed by atoms with Crippen molar-refractivity contribution in [1.29, 1.82) is 0 Å². The third-order valence-corrected chi connectivity index (χ3v) is 4.92. The molecule has 2 aromatic carbocycles. The molecule has 1 saturated heterocycles. The third kappa shape index (κ3) is 5.17. The molecule has 1 heterocycles. The number of hydrogen-bond donors (Lipinski definition) is 1. The van der Waals surface area contributed by atoms with Gasteiger partial charge in [-0.2, -0.15) is 0 Å². The van der Waals surface area contributed by atoms with E-state index in [4.69, 9.17) is 4.74 Å². The van der Waals surface area contributed by atoms with Crippen LogP contribution in [-0.2, 0) is 9.53 Å². The predicted octanol–water partition coefficient (Wildman–Crippen LogP) is 3.11. The van der Waals surface area contributed by atoms with Gasteiger partial charge >= 0.3 is 0 Å². The highest BCUT2D eigenvalue weighted by atomic mass is 16.5. The zero-order valence-electron chi connectivity index (χ0n) is 15.7. The molecule has 0 saturated carbocycles. The van der Waals surface area contributed by atoms with Crippen LogP contribution in [0, 0.1) is 0 Å². The summed E-state index contributed by atoms with van der Waals surface area (Å²) in [6.45, 7) is 1.76. The molecule has 2 aromatic rings. The SMILES string of the molecule is COCCC(=O)NC1CCN(C(=O)c2ccc(-c3ccccc3)cc2)CC1. The minimum absolute atomic E-state index is 0.0122. The fourth-order valence-corrected chi connectivity index (χ4v) is 3.34. The van der Waals surface area contributed by atoms with Gasteiger partial charge in [0, 0.05) is 38.2 Å². The van der Waals surface area contributed by atoms with Gasteiger partial charge < -0.3 is 15.0 Å². The van der Waals surface area contributed by atoms with E-state index in [2.05, 4.69) is 17.4 Å². The lowest BCUT2D eigenvalue weighted by Crippen LogP contribution is -2.46. The molecule has 1 fully saturated rings. The van der Waals surface area contributed by atoms with Crippen LogP contribution in [0.3, 0.4) is 0 Å². The number of amides is 2. The maximum absolute atomic E-state index is 12.7. The van der Waals surface area contributed by atoms with Gasteiger partial charge in [-0.05, 0) is 36.1 Å². The lowest BCUT2D eigenvalue weighted by Gasteiger charge is -2.32. The van der Waals surface area contributed by atoms with Crippen molar-refractivity contribution in [2.24, 2.45) is 0 Å². The van der Waals surface area contributed by atoms with Gasteiger partial charge in [0.15, 0.2) is 0 Å². The first kappa shape index (κ1) is 19.1. The van der Waals surface area contributed by atoms with Crippen molar-refractivity contribution in [2.75, 3.05) is 26.8 Å². The number of methoxy groups -OCH3 is 1. The van der Waals surface area contributed by atoms with Gasteiger partial charge in [0.1, 0.15) is 0 Å². The van der Waals surface area contributed by atoms with Crippen molar-refractivity contribution in [3.8, 4) is 11.1 Å². The third-order valence-electron chi connectivity index (χ3n) is 4.92. The number of likely N-dealkylation sites (tertiary alicyclic amines) is 1. The summed E-state index contributed by atoms with van der Waals surface area (Å²) in [7, 11) is 1.59. The molecule has 27 heavy (non-hydrogen) atoms. The lowest BCUT2D eigenvalue weighted by atomic mass is 10.0. The summed E-state index contributed by atoms with van der Waals surface area (Å²) < 4.78 is 4.92. The quantitative estimate of drug-likeness (QED) is 0.855. The van der Waals surface area contributed by atoms with Crippen LogP contribution in [0.1, 0.15) is 29.6 Å². The average Bonchev–Trinajstić information content (AvgIpc) is 2.73. The van der Waals surface area contributed by atoms with Crippen molar-refractivity contribution < 1.29 is 14.3 Å². The van der Waals surface area contributed by atoms with Crippen LogP contribution in [0.15, 0.2) is 54.6 Å². The Kier molecular flexibility index (Phi) is 6.60. The van der Waals surface area contributed by atoms with Crippen LogP contribution in [0.2, 0.25) is 0 Å². The summed E-state index contributed by atoms with van der Waals surface area (Å²) >= 11 is 0. The van der Waals surface area contributed by atoms with Crippen LogP contribution in [0.25, 0.3) is 11.1 Å². The fourth-order valence-electron chi connectivity index (χ4n) is 3.34. The molecule has 5 nitrogen and oxygen atoms in total. The number of benzene rings is 2. The first-order valence-corrected chi connectivity index (χ1v) is 9.40. The highest BCUT2D eigenvalue weighted by Gasteiger charge is 2.24. The van der Waals surface area contributed by atoms with E-state index in [1.54, 1.807) is 7.11 Å². The molecule has 0 radical (unpaired) electrons. The normalized spacial score (nSPS) is 14.8. The van der Waals surface area contributed by atoms with Crippen molar-refractivity contribution in [3.05, 3.63) is 60.2 Å². The van der Waals surface area contributed by atoms with E-state index in [9.17, 15) is 9.59 Å². The maximum Gasteiger partial charge on any atom is 0.253 e. The standard InChI is InChI=1S/C22H26N2O3/c1-27-16-13-21(25)23-20-11-14-24(15-12-20)22(26)19-9-7-18(8-10-19)17-5-3-2-4-6-17/h2-10,20H,11-16H2,1H3,(H,23,25). The van der Waals surface area contributed by atoms with Gasteiger partial charge in [-0.15, -0.1) is 0 Å². The zero-order valence-corrected chi connectivity index (χ0v) is 15.7. The van der Waals surface area contributed by atoms with Gasteiger partial charge in [0.05, 0.1) is 6.61 Å². The topological polar surface area (TPSA) is 58.6 Å². The molecule has 1 aliphatic rings. The molecule has 3 rings (SSSR count). The summed E-state index contributed by atoms with van der Waals surface area (Å²) in [5, 5.41) is 3.02. The van der Waals surface area contributed by atoms with Crippen LogP contribution >= 0.6 is 0 Å². The first-order chi connectivity index (χ1) is 13.2. The molecular formula is C22H26N2O3. The number of piperidine rings is 1. The molecule has 2 amide bonds. The minimum Gasteiger partial charge on any atom is -0.384 e. The van der Waals surface area contributed by atoms with E-state index in [1.807, 2.05) is 47.4 Å². The average molecular weight is 366 g/mol. The summed E-state index contributed by atoms with van der Waals surface area (Å²) in [5.41, 5.74) is 2.95. The number of nitrogens with zero attached hydrogens (tertiary/aromatic N) is 1. The van der Waals surface area contributed by atoms with E-state index in [-0.39, 0.29) is 17.9 Å². The second-order valence-corrected chi connectivity index (χ2v) is 6.82. The Labute approximate surface area is 160 Å². The van der Waals surface area contributed by atoms with E-state index < -0.39 is 0 Å². The summed E-state index contributed by atoms with van der Waals surface area (Å²) in [6.07, 6.45) is 1.95. The summed E-state index contributed by atoms with van der Waals surface area (Å²) in [5.74, 6) is 0.0666. The largest absolute Gasteiger partial charge is 0.384 e. The van der Waals surface area contributed by atoms with Crippen molar-refractivity contribution >= 4 is 11.8 Å². The molecule has 0 aliphatic carbocycles. The highest BCUT2D eigenvalue weighted by Crippen LogP contribution is 2.21. The van der Waals surface area contributed by atoms with Crippen LogP contribution in [0.4, 0.5) is 0 Å². The molecule has 0 spiro atoms. The Morgan fingerprint density at radius 3 is 2.26 bits per heavy atom.